The minimum atomic E-state index is -1.28. The number of H-pyrrole nitrogens is 1. The van der Waals surface area contributed by atoms with Crippen LogP contribution in [0, 0.1) is 0 Å². The van der Waals surface area contributed by atoms with Gasteiger partial charge in [0.25, 0.3) is 0 Å². The van der Waals surface area contributed by atoms with Gasteiger partial charge in [0.05, 0.1) is 6.04 Å². The third kappa shape index (κ3) is 8.40. The highest BCUT2D eigenvalue weighted by Gasteiger charge is 2.29. The summed E-state index contributed by atoms with van der Waals surface area (Å²) in [6.07, 6.45) is 1.62. The molecule has 212 valence electrons. The summed E-state index contributed by atoms with van der Waals surface area (Å²) in [7, 11) is 0. The number of aromatic nitrogens is 1. The molecular weight excluding hydrogens is 516 g/mol. The molecule has 0 fully saturated rings. The Balaban J connectivity index is 1.61. The molecule has 4 unspecified atom stereocenters. The van der Waals surface area contributed by atoms with Crippen LogP contribution in [0.1, 0.15) is 30.9 Å². The summed E-state index contributed by atoms with van der Waals surface area (Å²) in [5.41, 5.74) is 13.8. The van der Waals surface area contributed by atoms with Gasteiger partial charge in [0.15, 0.2) is 0 Å². The van der Waals surface area contributed by atoms with Crippen molar-refractivity contribution in [3.05, 3.63) is 71.9 Å². The number of para-hydroxylation sites is 1. The largest absolute Gasteiger partial charge is 0.480 e. The monoisotopic (exact) mass is 550 g/mol. The fourth-order valence-corrected chi connectivity index (χ4v) is 4.19. The smallest absolute Gasteiger partial charge is 0.326 e. The Labute approximate surface area is 230 Å². The lowest BCUT2D eigenvalue weighted by Gasteiger charge is -2.23. The number of hydrogen-bond donors (Lipinski definition) is 7. The number of carboxylic acid groups (broad SMARTS) is 1. The van der Waals surface area contributed by atoms with Crippen LogP contribution < -0.4 is 27.4 Å². The van der Waals surface area contributed by atoms with E-state index in [-0.39, 0.29) is 25.7 Å². The van der Waals surface area contributed by atoms with Gasteiger partial charge in [-0.2, -0.15) is 0 Å². The summed E-state index contributed by atoms with van der Waals surface area (Å²) >= 11 is 0. The first kappa shape index (κ1) is 29.8. The molecule has 3 aromatic rings. The van der Waals surface area contributed by atoms with Crippen molar-refractivity contribution < 1.29 is 29.1 Å². The van der Waals surface area contributed by atoms with E-state index in [2.05, 4.69) is 20.9 Å². The van der Waals surface area contributed by atoms with Gasteiger partial charge in [-0.05, 0) is 37.0 Å². The summed E-state index contributed by atoms with van der Waals surface area (Å²) in [5.74, 6) is -4.04. The van der Waals surface area contributed by atoms with Crippen LogP contribution in [0.4, 0.5) is 0 Å². The zero-order valence-corrected chi connectivity index (χ0v) is 22.1. The van der Waals surface area contributed by atoms with Crippen molar-refractivity contribution in [1.82, 2.24) is 20.9 Å². The van der Waals surface area contributed by atoms with Gasteiger partial charge in [0.2, 0.25) is 23.6 Å². The molecule has 0 aliphatic carbocycles. The number of carbonyl (C=O) groups is 5. The molecule has 0 bridgehead atoms. The molecular formula is C28H34N6O6. The lowest BCUT2D eigenvalue weighted by molar-refractivity contribution is -0.142. The maximum atomic E-state index is 13.0. The van der Waals surface area contributed by atoms with Crippen molar-refractivity contribution in [2.45, 2.75) is 56.8 Å². The number of rotatable bonds is 14. The molecule has 1 aromatic heterocycles. The minimum absolute atomic E-state index is 0.0131. The number of aliphatic carboxylic acids is 1. The van der Waals surface area contributed by atoms with Crippen LogP contribution in [0.3, 0.4) is 0 Å². The van der Waals surface area contributed by atoms with Crippen LogP contribution in [-0.2, 0) is 36.8 Å². The van der Waals surface area contributed by atoms with Crippen molar-refractivity contribution in [3.63, 3.8) is 0 Å². The molecule has 40 heavy (non-hydrogen) atoms. The number of carbonyl (C=O) groups excluding carboxylic acids is 4. The Hall–Kier alpha value is -4.71. The molecule has 1 heterocycles. The van der Waals surface area contributed by atoms with Crippen LogP contribution in [0.2, 0.25) is 0 Å². The maximum absolute atomic E-state index is 13.0. The number of nitrogens with two attached hydrogens (primary N) is 2. The first-order chi connectivity index (χ1) is 19.0. The van der Waals surface area contributed by atoms with E-state index in [1.165, 1.54) is 6.92 Å². The van der Waals surface area contributed by atoms with E-state index in [4.69, 9.17) is 11.5 Å². The van der Waals surface area contributed by atoms with Crippen LogP contribution in [0.5, 0.6) is 0 Å². The number of benzene rings is 2. The van der Waals surface area contributed by atoms with E-state index < -0.39 is 53.8 Å². The Morgan fingerprint density at radius 3 is 2.17 bits per heavy atom. The van der Waals surface area contributed by atoms with E-state index in [1.807, 2.05) is 24.3 Å². The topological polar surface area (TPSA) is 209 Å². The second kappa shape index (κ2) is 13.9. The highest BCUT2D eigenvalue weighted by molar-refractivity contribution is 5.94. The first-order valence-electron chi connectivity index (χ1n) is 12.8. The standard InChI is InChI=1S/C28H34N6O6/c1-16(32-26(37)20(29)14-18-15-31-21-10-6-5-9-19(18)21)25(36)33-22(11-12-24(30)35)27(38)34-23(28(39)40)13-17-7-3-2-4-8-17/h2-10,15-16,20,22-23,31H,11-14,29H2,1H3,(H2,30,35)(H,32,37)(H,33,36)(H,34,38)(H,39,40). The zero-order valence-electron chi connectivity index (χ0n) is 22.1. The lowest BCUT2D eigenvalue weighted by atomic mass is 10.0. The van der Waals surface area contributed by atoms with Crippen molar-refractivity contribution in [1.29, 1.82) is 0 Å². The van der Waals surface area contributed by atoms with E-state index in [0.29, 0.717) is 5.56 Å². The molecule has 2 aromatic carbocycles. The summed E-state index contributed by atoms with van der Waals surface area (Å²) in [6, 6.07) is 11.7. The predicted molar refractivity (Wildman–Crippen MR) is 148 cm³/mol. The highest BCUT2D eigenvalue weighted by Crippen LogP contribution is 2.18. The Kier molecular flexibility index (Phi) is 10.4. The second-order valence-corrected chi connectivity index (χ2v) is 9.56. The quantitative estimate of drug-likeness (QED) is 0.147. The van der Waals surface area contributed by atoms with Crippen molar-refractivity contribution in [3.8, 4) is 0 Å². The van der Waals surface area contributed by atoms with Crippen LogP contribution >= 0.6 is 0 Å². The van der Waals surface area contributed by atoms with Crippen LogP contribution in [0.25, 0.3) is 10.9 Å². The summed E-state index contributed by atoms with van der Waals surface area (Å²) in [6.45, 7) is 1.42. The van der Waals surface area contributed by atoms with Crippen molar-refractivity contribution in [2.75, 3.05) is 0 Å². The second-order valence-electron chi connectivity index (χ2n) is 9.56. The summed E-state index contributed by atoms with van der Waals surface area (Å²) in [5, 5.41) is 18.0. The molecule has 4 amide bonds. The number of hydrogen-bond acceptors (Lipinski definition) is 6. The van der Waals surface area contributed by atoms with E-state index in [1.54, 1.807) is 36.5 Å². The number of nitrogens with one attached hydrogen (secondary N) is 4. The van der Waals surface area contributed by atoms with Gasteiger partial charge in [0.1, 0.15) is 18.1 Å². The summed E-state index contributed by atoms with van der Waals surface area (Å²) < 4.78 is 0. The SMILES string of the molecule is CC(NC(=O)C(N)Cc1c[nH]c2ccccc12)C(=O)NC(CCC(N)=O)C(=O)NC(Cc1ccccc1)C(=O)O. The summed E-state index contributed by atoms with van der Waals surface area (Å²) in [4.78, 5) is 64.8. The Morgan fingerprint density at radius 1 is 0.850 bits per heavy atom. The van der Waals surface area contributed by atoms with Gasteiger partial charge in [0, 0.05) is 29.9 Å². The number of fused-ring (bicyclic) bond motifs is 1. The number of aromatic amines is 1. The number of carboxylic acids is 1. The normalized spacial score (nSPS) is 13.9. The molecule has 0 saturated carbocycles. The van der Waals surface area contributed by atoms with E-state index >= 15 is 0 Å². The van der Waals surface area contributed by atoms with Crippen molar-refractivity contribution >= 4 is 40.5 Å². The van der Waals surface area contributed by atoms with Gasteiger partial charge in [-0.1, -0.05) is 48.5 Å². The fourth-order valence-electron chi connectivity index (χ4n) is 4.19. The van der Waals surface area contributed by atoms with E-state index in [0.717, 1.165) is 16.5 Å². The van der Waals surface area contributed by atoms with Gasteiger partial charge in [-0.3, -0.25) is 19.2 Å². The zero-order chi connectivity index (χ0) is 29.2. The Bertz CT molecular complexity index is 1360. The first-order valence-corrected chi connectivity index (χ1v) is 12.8. The molecule has 9 N–H and O–H groups in total. The third-order valence-corrected chi connectivity index (χ3v) is 6.41. The van der Waals surface area contributed by atoms with Gasteiger partial charge in [-0.25, -0.2) is 4.79 Å². The van der Waals surface area contributed by atoms with E-state index in [9.17, 15) is 29.1 Å². The van der Waals surface area contributed by atoms with Gasteiger partial charge in [-0.15, -0.1) is 0 Å². The molecule has 0 aliphatic rings. The molecule has 0 radical (unpaired) electrons. The molecule has 0 aliphatic heterocycles. The predicted octanol–water partition coefficient (Wildman–Crippen LogP) is 0.105. The van der Waals surface area contributed by atoms with Crippen molar-refractivity contribution in [2.24, 2.45) is 11.5 Å². The average Bonchev–Trinajstić information content (AvgIpc) is 3.33. The maximum Gasteiger partial charge on any atom is 0.326 e. The molecule has 12 heteroatoms. The van der Waals surface area contributed by atoms with Gasteiger partial charge < -0.3 is 37.5 Å². The van der Waals surface area contributed by atoms with Crippen LogP contribution in [0.15, 0.2) is 60.8 Å². The average molecular weight is 551 g/mol. The number of amides is 4. The molecule has 3 rings (SSSR count). The molecule has 0 spiro atoms. The highest BCUT2D eigenvalue weighted by atomic mass is 16.4. The minimum Gasteiger partial charge on any atom is -0.480 e. The van der Waals surface area contributed by atoms with Crippen LogP contribution in [-0.4, -0.2) is 63.9 Å². The third-order valence-electron chi connectivity index (χ3n) is 6.41. The molecule has 0 saturated heterocycles. The lowest BCUT2D eigenvalue weighted by Crippen LogP contribution is -2.56. The Morgan fingerprint density at radius 2 is 1.50 bits per heavy atom. The fraction of sp³-hybridized carbons (Fsp3) is 0.321. The molecule has 4 atom stereocenters. The number of primary amides is 1. The molecule has 12 nitrogen and oxygen atoms in total. The van der Waals surface area contributed by atoms with Gasteiger partial charge >= 0.3 is 5.97 Å².